The average molecular weight is 333 g/mol. The second-order valence-corrected chi connectivity index (χ2v) is 7.31. The molecule has 0 aliphatic heterocycles. The normalized spacial score (nSPS) is 13.8. The van der Waals surface area contributed by atoms with Crippen LogP contribution in [0.15, 0.2) is 0 Å². The highest BCUT2D eigenvalue weighted by Crippen LogP contribution is 2.12. The van der Waals surface area contributed by atoms with Gasteiger partial charge in [0.05, 0.1) is 0 Å². The molecule has 0 aromatic rings. The van der Waals surface area contributed by atoms with Gasteiger partial charge in [-0.1, -0.05) is 13.8 Å². The fraction of sp³-hybridized carbons (Fsp3) is 0.667. The number of nitrogens with zero attached hydrogens (tertiary/aromatic N) is 2. The maximum Gasteiger partial charge on any atom is 0.326 e. The summed E-state index contributed by atoms with van der Waals surface area (Å²) in [6.07, 6.45) is 0.995. The van der Waals surface area contributed by atoms with Gasteiger partial charge in [0.25, 0.3) is 0 Å². The number of carboxylic acids is 1. The molecule has 0 radical (unpaired) electrons. The molecule has 10 heteroatoms. The molecule has 0 aliphatic rings. The van der Waals surface area contributed by atoms with Crippen LogP contribution in [0.4, 0.5) is 0 Å². The van der Waals surface area contributed by atoms with Gasteiger partial charge in [-0.25, -0.2) is 13.2 Å². The second kappa shape index (κ2) is 8.40. The Morgan fingerprint density at radius 1 is 1.32 bits per heavy atom. The number of carboxylic acid groups (broad SMARTS) is 1. The van der Waals surface area contributed by atoms with Crippen LogP contribution in [0.2, 0.25) is 0 Å². The minimum Gasteiger partial charge on any atom is -0.480 e. The lowest BCUT2D eigenvalue weighted by atomic mass is 10.1. The van der Waals surface area contributed by atoms with Crippen molar-refractivity contribution in [1.82, 2.24) is 5.32 Å². The van der Waals surface area contributed by atoms with Crippen molar-refractivity contribution < 1.29 is 32.7 Å². The van der Waals surface area contributed by atoms with Gasteiger partial charge in [0.15, 0.2) is 9.84 Å². The summed E-state index contributed by atoms with van der Waals surface area (Å²) < 4.78 is 23.2. The van der Waals surface area contributed by atoms with Crippen LogP contribution in [0.1, 0.15) is 26.7 Å². The predicted octanol–water partition coefficient (Wildman–Crippen LogP) is -0.725. The van der Waals surface area contributed by atoms with E-state index in [9.17, 15) is 22.8 Å². The van der Waals surface area contributed by atoms with Gasteiger partial charge in [0.1, 0.15) is 11.3 Å². The van der Waals surface area contributed by atoms with Gasteiger partial charge in [0.2, 0.25) is 11.7 Å². The Balaban J connectivity index is 5.02. The molecule has 9 nitrogen and oxygen atoms in total. The van der Waals surface area contributed by atoms with Crippen molar-refractivity contribution in [1.29, 1.82) is 0 Å². The van der Waals surface area contributed by atoms with Crippen LogP contribution in [0.25, 0.3) is 5.53 Å². The van der Waals surface area contributed by atoms with Crippen LogP contribution < -0.4 is 5.32 Å². The van der Waals surface area contributed by atoms with Gasteiger partial charge in [-0.15, -0.1) is 0 Å². The molecule has 2 N–H and O–H groups in total. The van der Waals surface area contributed by atoms with E-state index >= 15 is 0 Å². The van der Waals surface area contributed by atoms with Crippen molar-refractivity contribution in [2.24, 2.45) is 5.92 Å². The SMILES string of the molecule is CC(C)C(C(=O)NC(CCC(=O)C=[N+]=[N-])C(=O)O)S(C)(=O)=O. The first-order chi connectivity index (χ1) is 10.0. The lowest BCUT2D eigenvalue weighted by molar-refractivity contribution is -0.142. The zero-order valence-corrected chi connectivity index (χ0v) is 13.3. The minimum absolute atomic E-state index is 0.250. The average Bonchev–Trinajstić information content (AvgIpc) is 2.31. The van der Waals surface area contributed by atoms with Crippen molar-refractivity contribution in [2.75, 3.05) is 6.26 Å². The zero-order chi connectivity index (χ0) is 17.5. The van der Waals surface area contributed by atoms with Crippen molar-refractivity contribution in [2.45, 2.75) is 38.0 Å². The van der Waals surface area contributed by atoms with Crippen LogP contribution >= 0.6 is 0 Å². The number of hydrogen-bond donors (Lipinski definition) is 2. The third-order valence-electron chi connectivity index (χ3n) is 2.82. The maximum atomic E-state index is 12.0. The van der Waals surface area contributed by atoms with Crippen molar-refractivity contribution in [3.8, 4) is 0 Å². The topological polar surface area (TPSA) is 154 Å². The number of hydrogen-bond acceptors (Lipinski definition) is 5. The molecule has 0 aromatic heterocycles. The zero-order valence-electron chi connectivity index (χ0n) is 12.5. The molecule has 22 heavy (non-hydrogen) atoms. The quantitative estimate of drug-likeness (QED) is 0.322. The van der Waals surface area contributed by atoms with Crippen LogP contribution in [0.5, 0.6) is 0 Å². The molecule has 124 valence electrons. The lowest BCUT2D eigenvalue weighted by Crippen LogP contribution is -2.49. The molecule has 0 aromatic carbocycles. The van der Waals surface area contributed by atoms with Gasteiger partial charge >= 0.3 is 12.2 Å². The fourth-order valence-corrected chi connectivity index (χ4v) is 3.36. The third-order valence-corrected chi connectivity index (χ3v) is 4.50. The summed E-state index contributed by atoms with van der Waals surface area (Å²) in [5, 5.41) is 9.78. The Morgan fingerprint density at radius 2 is 1.86 bits per heavy atom. The monoisotopic (exact) mass is 333 g/mol. The summed E-state index contributed by atoms with van der Waals surface area (Å²) in [6, 6.07) is -1.41. The minimum atomic E-state index is -3.70. The third kappa shape index (κ3) is 6.59. The van der Waals surface area contributed by atoms with Crippen molar-refractivity contribution >= 4 is 33.7 Å². The van der Waals surface area contributed by atoms with E-state index in [0.717, 1.165) is 6.26 Å². The van der Waals surface area contributed by atoms with Gasteiger partial charge in [0, 0.05) is 12.7 Å². The van der Waals surface area contributed by atoms with E-state index in [1.807, 2.05) is 0 Å². The van der Waals surface area contributed by atoms with E-state index in [4.69, 9.17) is 10.6 Å². The van der Waals surface area contributed by atoms with Gasteiger partial charge in [-0.3, -0.25) is 9.59 Å². The Labute approximate surface area is 128 Å². The van der Waals surface area contributed by atoms with Crippen LogP contribution in [-0.2, 0) is 24.2 Å². The largest absolute Gasteiger partial charge is 0.480 e. The molecule has 0 rings (SSSR count). The number of Topliss-reactive ketones (excluding diaryl/α,β-unsaturated/α-hetero) is 1. The summed E-state index contributed by atoms with van der Waals surface area (Å²) in [5.41, 5.74) is 8.18. The summed E-state index contributed by atoms with van der Waals surface area (Å²) in [6.45, 7) is 3.06. The van der Waals surface area contributed by atoms with Crippen molar-refractivity contribution in [3.05, 3.63) is 5.53 Å². The first-order valence-corrected chi connectivity index (χ1v) is 8.38. The lowest BCUT2D eigenvalue weighted by Gasteiger charge is -2.21. The number of sulfone groups is 1. The van der Waals surface area contributed by atoms with E-state index in [1.165, 1.54) is 13.8 Å². The maximum absolute atomic E-state index is 12.0. The molecule has 1 amide bonds. The molecule has 0 aliphatic carbocycles. The summed E-state index contributed by atoms with van der Waals surface area (Å²) >= 11 is 0. The van der Waals surface area contributed by atoms with Gasteiger partial charge in [-0.2, -0.15) is 4.79 Å². The number of amides is 1. The molecular formula is C12H19N3O6S. The molecule has 0 saturated heterocycles. The standard InChI is InChI=1S/C12H19N3O6S/c1-7(2)10(22(3,20)21)11(17)15-9(12(18)19)5-4-8(16)6-14-13/h6-7,9-10H,4-5H2,1-3H3,(H,15,17)(H,18,19). The first kappa shape index (κ1) is 19.9. The van der Waals surface area contributed by atoms with Gasteiger partial charge in [-0.05, 0) is 12.3 Å². The van der Waals surface area contributed by atoms with Crippen LogP contribution in [-0.4, -0.2) is 59.7 Å². The number of rotatable bonds is 9. The number of carbonyl (C=O) groups excluding carboxylic acids is 2. The van der Waals surface area contributed by atoms with E-state index in [1.54, 1.807) is 0 Å². The molecule has 0 spiro atoms. The second-order valence-electron chi connectivity index (χ2n) is 5.14. The highest BCUT2D eigenvalue weighted by molar-refractivity contribution is 7.92. The smallest absolute Gasteiger partial charge is 0.326 e. The Kier molecular flexibility index (Phi) is 7.61. The molecule has 2 unspecified atom stereocenters. The summed E-state index contributed by atoms with van der Waals surface area (Å²) in [5.74, 6) is -3.47. The Bertz CT molecular complexity index is 592. The van der Waals surface area contributed by atoms with E-state index in [-0.39, 0.29) is 12.8 Å². The molecule has 2 atom stereocenters. The van der Waals surface area contributed by atoms with E-state index in [2.05, 4.69) is 10.1 Å². The Morgan fingerprint density at radius 3 is 2.23 bits per heavy atom. The van der Waals surface area contributed by atoms with E-state index < -0.39 is 44.7 Å². The van der Waals surface area contributed by atoms with Crippen LogP contribution in [0, 0.1) is 5.92 Å². The highest BCUT2D eigenvalue weighted by Gasteiger charge is 2.34. The molecule has 0 saturated carbocycles. The predicted molar refractivity (Wildman–Crippen MR) is 77.0 cm³/mol. The number of ketones is 1. The molecule has 0 heterocycles. The van der Waals surface area contributed by atoms with Crippen molar-refractivity contribution in [3.63, 3.8) is 0 Å². The summed E-state index contributed by atoms with van der Waals surface area (Å²) in [7, 11) is -3.70. The van der Waals surface area contributed by atoms with Gasteiger partial charge < -0.3 is 16.0 Å². The molecule has 0 fully saturated rings. The number of nitrogens with one attached hydrogen (secondary N) is 1. The fourth-order valence-electron chi connectivity index (χ4n) is 1.92. The summed E-state index contributed by atoms with van der Waals surface area (Å²) in [4.78, 5) is 36.8. The number of aliphatic carboxylic acids is 1. The van der Waals surface area contributed by atoms with E-state index in [0.29, 0.717) is 6.21 Å². The number of carbonyl (C=O) groups is 3. The Hall–Kier alpha value is -2.06. The van der Waals surface area contributed by atoms with Crippen LogP contribution in [0.3, 0.4) is 0 Å². The first-order valence-electron chi connectivity index (χ1n) is 6.43. The molecular weight excluding hydrogens is 314 g/mol. The molecule has 0 bridgehead atoms. The highest BCUT2D eigenvalue weighted by atomic mass is 32.2.